The molecule has 3 atom stereocenters. The lowest BCUT2D eigenvalue weighted by molar-refractivity contribution is -0.142. The standard InChI is InChI=1S/C35H31F9O2P2/c1-22-4-12-26(13-5-22)47(27-14-6-23(7-15-27)33(36,37)38)20-30-31(46-32(2,3)45-30)21-48(28-16-8-24(9-17-28)34(39,40)41)29-18-10-25(11-19-29)35(42,43)44/h4-19,30-31H,20-21H2,1-3H3/t30-,31-,47?/m0/s1. The first-order valence-corrected chi connectivity index (χ1v) is 17.8. The summed E-state index contributed by atoms with van der Waals surface area (Å²) in [4.78, 5) is 0. The molecule has 4 aromatic carbocycles. The summed E-state index contributed by atoms with van der Waals surface area (Å²) < 4.78 is 133. The van der Waals surface area contributed by atoms with Crippen molar-refractivity contribution in [1.82, 2.24) is 0 Å². The molecule has 2 nitrogen and oxygen atoms in total. The second-order valence-corrected chi connectivity index (χ2v) is 16.4. The van der Waals surface area contributed by atoms with Crippen molar-refractivity contribution in [2.24, 2.45) is 0 Å². The fourth-order valence-corrected chi connectivity index (χ4v) is 10.3. The van der Waals surface area contributed by atoms with Gasteiger partial charge in [0, 0.05) is 12.3 Å². The zero-order chi connectivity index (χ0) is 35.1. The van der Waals surface area contributed by atoms with E-state index in [2.05, 4.69) is 0 Å². The Bertz CT molecular complexity index is 1610. The Morgan fingerprint density at radius 3 is 0.979 bits per heavy atom. The van der Waals surface area contributed by atoms with E-state index in [1.54, 1.807) is 13.8 Å². The van der Waals surface area contributed by atoms with Crippen LogP contribution in [-0.2, 0) is 28.0 Å². The molecule has 1 aliphatic heterocycles. The minimum Gasteiger partial charge on any atom is -0.344 e. The highest BCUT2D eigenvalue weighted by atomic mass is 31.1. The average molecular weight is 717 g/mol. The van der Waals surface area contributed by atoms with Crippen LogP contribution in [0.25, 0.3) is 0 Å². The molecule has 0 saturated carbocycles. The zero-order valence-corrected chi connectivity index (χ0v) is 27.7. The Kier molecular flexibility index (Phi) is 10.4. The topological polar surface area (TPSA) is 18.5 Å². The van der Waals surface area contributed by atoms with Crippen LogP contribution in [0.2, 0.25) is 0 Å². The summed E-state index contributed by atoms with van der Waals surface area (Å²) in [5.74, 6) is -1.08. The highest BCUT2D eigenvalue weighted by Gasteiger charge is 2.44. The van der Waals surface area contributed by atoms with E-state index in [0.29, 0.717) is 22.1 Å². The Hall–Kier alpha value is -2.97. The summed E-state index contributed by atoms with van der Waals surface area (Å²) in [5, 5.41) is 2.60. The Labute approximate surface area is 274 Å². The molecule has 0 aliphatic carbocycles. The predicted molar refractivity (Wildman–Crippen MR) is 171 cm³/mol. The summed E-state index contributed by atoms with van der Waals surface area (Å²) in [6.07, 6.45) is -14.3. The lowest BCUT2D eigenvalue weighted by Crippen LogP contribution is -2.33. The molecular formula is C35H31F9O2P2. The number of rotatable bonds is 8. The van der Waals surface area contributed by atoms with Gasteiger partial charge in [0.25, 0.3) is 0 Å². The normalized spacial score (nSPS) is 19.1. The van der Waals surface area contributed by atoms with Gasteiger partial charge in [0.15, 0.2) is 5.79 Å². The number of benzene rings is 4. The molecule has 1 fully saturated rings. The quantitative estimate of drug-likeness (QED) is 0.134. The van der Waals surface area contributed by atoms with Crippen LogP contribution in [0.15, 0.2) is 97.1 Å². The molecule has 4 aromatic rings. The third-order valence-corrected chi connectivity index (χ3v) is 13.0. The van der Waals surface area contributed by atoms with Crippen molar-refractivity contribution >= 4 is 37.1 Å². The number of halogens is 9. The lowest BCUT2D eigenvalue weighted by Gasteiger charge is -2.28. The van der Waals surface area contributed by atoms with Gasteiger partial charge in [0.05, 0.1) is 28.9 Å². The van der Waals surface area contributed by atoms with Crippen LogP contribution < -0.4 is 21.2 Å². The first kappa shape index (κ1) is 36.3. The van der Waals surface area contributed by atoms with Crippen molar-refractivity contribution < 1.29 is 49.0 Å². The summed E-state index contributed by atoms with van der Waals surface area (Å²) in [7, 11) is -2.81. The van der Waals surface area contributed by atoms with E-state index in [1.807, 2.05) is 31.2 Å². The van der Waals surface area contributed by atoms with E-state index in [4.69, 9.17) is 9.47 Å². The number of alkyl halides is 9. The van der Waals surface area contributed by atoms with Gasteiger partial charge in [0.1, 0.15) is 0 Å². The largest absolute Gasteiger partial charge is 0.416 e. The minimum atomic E-state index is -4.57. The molecular weight excluding hydrogens is 685 g/mol. The van der Waals surface area contributed by atoms with Crippen molar-refractivity contribution in [3.8, 4) is 0 Å². The number of hydrogen-bond acceptors (Lipinski definition) is 2. The van der Waals surface area contributed by atoms with Crippen LogP contribution in [0.1, 0.15) is 36.1 Å². The van der Waals surface area contributed by atoms with E-state index in [1.165, 1.54) is 36.4 Å². The molecule has 0 N–H and O–H groups in total. The number of hydrogen-bond donors (Lipinski definition) is 0. The summed E-state index contributed by atoms with van der Waals surface area (Å²) in [6, 6.07) is 21.8. The molecule has 0 spiro atoms. The Morgan fingerprint density at radius 1 is 0.479 bits per heavy atom. The van der Waals surface area contributed by atoms with Gasteiger partial charge in [-0.3, -0.25) is 0 Å². The second kappa shape index (κ2) is 13.7. The summed E-state index contributed by atoms with van der Waals surface area (Å²) in [5.41, 5.74) is -1.48. The molecule has 13 heteroatoms. The molecule has 1 heterocycles. The molecule has 1 aliphatic rings. The molecule has 1 unspecified atom stereocenters. The monoisotopic (exact) mass is 716 g/mol. The van der Waals surface area contributed by atoms with Crippen molar-refractivity contribution in [2.45, 2.75) is 57.3 Å². The number of ether oxygens (including phenoxy) is 2. The fourth-order valence-electron chi connectivity index (χ4n) is 5.51. The Balaban J connectivity index is 1.51. The van der Waals surface area contributed by atoms with Crippen LogP contribution in [0.4, 0.5) is 39.5 Å². The van der Waals surface area contributed by atoms with E-state index < -0.39 is 69.1 Å². The highest BCUT2D eigenvalue weighted by Crippen LogP contribution is 2.45. The molecule has 0 aromatic heterocycles. The van der Waals surface area contributed by atoms with Gasteiger partial charge in [0.2, 0.25) is 0 Å². The molecule has 256 valence electrons. The van der Waals surface area contributed by atoms with Crippen molar-refractivity contribution in [1.29, 1.82) is 0 Å². The van der Waals surface area contributed by atoms with Gasteiger partial charge in [-0.05, 0) is 94.2 Å². The first-order valence-electron chi connectivity index (χ1n) is 14.8. The van der Waals surface area contributed by atoms with Crippen molar-refractivity contribution in [3.63, 3.8) is 0 Å². The maximum atomic E-state index is 13.4. The van der Waals surface area contributed by atoms with Crippen LogP contribution in [-0.4, -0.2) is 30.3 Å². The zero-order valence-electron chi connectivity index (χ0n) is 25.9. The van der Waals surface area contributed by atoms with Crippen LogP contribution in [0.3, 0.4) is 0 Å². The fraction of sp³-hybridized carbons (Fsp3) is 0.314. The van der Waals surface area contributed by atoms with Gasteiger partial charge < -0.3 is 9.47 Å². The van der Waals surface area contributed by atoms with E-state index >= 15 is 0 Å². The Morgan fingerprint density at radius 2 is 0.729 bits per heavy atom. The lowest BCUT2D eigenvalue weighted by atomic mass is 10.2. The predicted octanol–water partition coefficient (Wildman–Crippen LogP) is 9.14. The first-order chi connectivity index (χ1) is 22.3. The van der Waals surface area contributed by atoms with Gasteiger partial charge in [-0.25, -0.2) is 0 Å². The van der Waals surface area contributed by atoms with Crippen molar-refractivity contribution in [2.75, 3.05) is 12.3 Å². The third-order valence-electron chi connectivity index (χ3n) is 7.87. The average Bonchev–Trinajstić information content (AvgIpc) is 3.30. The molecule has 48 heavy (non-hydrogen) atoms. The molecule has 5 rings (SSSR count). The van der Waals surface area contributed by atoms with Gasteiger partial charge in [-0.15, -0.1) is 0 Å². The molecule has 0 amide bonds. The van der Waals surface area contributed by atoms with E-state index in [9.17, 15) is 39.5 Å². The van der Waals surface area contributed by atoms with E-state index in [-0.39, 0.29) is 6.16 Å². The van der Waals surface area contributed by atoms with Crippen LogP contribution >= 0.6 is 15.8 Å². The van der Waals surface area contributed by atoms with Gasteiger partial charge >= 0.3 is 18.5 Å². The van der Waals surface area contributed by atoms with E-state index in [0.717, 1.165) is 47.3 Å². The third kappa shape index (κ3) is 8.78. The SMILES string of the molecule is Cc1ccc(P(C[C@@H]2OC(C)(C)O[C@H]2CP(c2ccc(C(F)(F)F)cc2)c2ccc(C(F)(F)F)cc2)c2ccc(C(F)(F)F)cc2)cc1. The number of aryl methyl sites for hydroxylation is 1. The molecule has 0 bridgehead atoms. The summed E-state index contributed by atoms with van der Waals surface area (Å²) in [6.45, 7) is 5.34. The van der Waals surface area contributed by atoms with Gasteiger partial charge in [-0.2, -0.15) is 39.5 Å². The smallest absolute Gasteiger partial charge is 0.344 e. The van der Waals surface area contributed by atoms with Gasteiger partial charge in [-0.1, -0.05) is 66.2 Å². The maximum Gasteiger partial charge on any atom is 0.416 e. The summed E-state index contributed by atoms with van der Waals surface area (Å²) >= 11 is 0. The minimum absolute atomic E-state index is 0.213. The van der Waals surface area contributed by atoms with Crippen molar-refractivity contribution in [3.05, 3.63) is 119 Å². The van der Waals surface area contributed by atoms with Crippen LogP contribution in [0, 0.1) is 6.92 Å². The molecule has 1 saturated heterocycles. The second-order valence-electron chi connectivity index (χ2n) is 11.9. The highest BCUT2D eigenvalue weighted by molar-refractivity contribution is 7.73. The van der Waals surface area contributed by atoms with Crippen LogP contribution in [0.5, 0.6) is 0 Å². The molecule has 0 radical (unpaired) electrons. The maximum absolute atomic E-state index is 13.4.